The Labute approximate surface area is 88.2 Å². The van der Waals surface area contributed by atoms with Gasteiger partial charge in [-0.15, -0.1) is 6.58 Å². The van der Waals surface area contributed by atoms with Crippen LogP contribution in [0.1, 0.15) is 51.9 Å². The van der Waals surface area contributed by atoms with Crippen molar-refractivity contribution in [1.82, 2.24) is 0 Å². The molecule has 0 aromatic heterocycles. The predicted molar refractivity (Wildman–Crippen MR) is 61.2 cm³/mol. The Balaban J connectivity index is 2.11. The van der Waals surface area contributed by atoms with E-state index in [1.54, 1.807) is 0 Å². The molecule has 1 nitrogen and oxygen atoms in total. The molecule has 0 unspecified atom stereocenters. The number of aliphatic hydroxyl groups is 1. The van der Waals surface area contributed by atoms with Crippen LogP contribution in [0.3, 0.4) is 0 Å². The van der Waals surface area contributed by atoms with Crippen molar-refractivity contribution in [3.63, 3.8) is 0 Å². The van der Waals surface area contributed by atoms with Gasteiger partial charge in [0.2, 0.25) is 0 Å². The van der Waals surface area contributed by atoms with E-state index in [1.807, 2.05) is 6.08 Å². The van der Waals surface area contributed by atoms with E-state index in [0.717, 1.165) is 12.3 Å². The summed E-state index contributed by atoms with van der Waals surface area (Å²) in [6, 6.07) is 0. The number of hydrogen-bond donors (Lipinski definition) is 1. The molecule has 0 spiro atoms. The Kier molecular flexibility index (Phi) is 5.24. The molecule has 1 aliphatic carbocycles. The Morgan fingerprint density at radius 3 is 2.57 bits per heavy atom. The van der Waals surface area contributed by atoms with Crippen LogP contribution in [0.5, 0.6) is 0 Å². The van der Waals surface area contributed by atoms with Crippen molar-refractivity contribution < 1.29 is 5.11 Å². The van der Waals surface area contributed by atoms with Crippen LogP contribution in [-0.2, 0) is 0 Å². The summed E-state index contributed by atoms with van der Waals surface area (Å²) in [6.07, 6.45) is 10.4. The highest BCUT2D eigenvalue weighted by molar-refractivity contribution is 4.95. The van der Waals surface area contributed by atoms with Crippen molar-refractivity contribution in [3.05, 3.63) is 12.7 Å². The first-order chi connectivity index (χ1) is 6.79. The van der Waals surface area contributed by atoms with E-state index in [9.17, 15) is 5.11 Å². The van der Waals surface area contributed by atoms with Gasteiger partial charge in [0.15, 0.2) is 0 Å². The predicted octanol–water partition coefficient (Wildman–Crippen LogP) is 3.53. The lowest BCUT2D eigenvalue weighted by Crippen LogP contribution is -2.20. The first kappa shape index (κ1) is 11.8. The molecule has 1 saturated carbocycles. The molecule has 0 radical (unpaired) electrons. The highest BCUT2D eigenvalue weighted by Gasteiger charge is 2.33. The maximum atomic E-state index is 9.95. The summed E-state index contributed by atoms with van der Waals surface area (Å²) in [4.78, 5) is 0. The molecule has 1 heteroatoms. The molecular formula is C13H24O. The highest BCUT2D eigenvalue weighted by Crippen LogP contribution is 2.40. The summed E-state index contributed by atoms with van der Waals surface area (Å²) in [5, 5.41) is 9.95. The van der Waals surface area contributed by atoms with E-state index in [1.165, 1.54) is 38.5 Å². The number of rotatable bonds is 8. The smallest absolute Gasteiger partial charge is 0.0605 e. The first-order valence-corrected chi connectivity index (χ1v) is 6.10. The summed E-state index contributed by atoms with van der Waals surface area (Å²) < 4.78 is 0. The Hall–Kier alpha value is -0.300. The molecule has 0 aromatic rings. The van der Waals surface area contributed by atoms with Crippen molar-refractivity contribution in [2.24, 2.45) is 11.8 Å². The van der Waals surface area contributed by atoms with Crippen LogP contribution in [0.15, 0.2) is 12.7 Å². The Morgan fingerprint density at radius 1 is 1.36 bits per heavy atom. The van der Waals surface area contributed by atoms with E-state index in [2.05, 4.69) is 13.5 Å². The Morgan fingerprint density at radius 2 is 2.07 bits per heavy atom. The lowest BCUT2D eigenvalue weighted by atomic mass is 9.93. The lowest BCUT2D eigenvalue weighted by Gasteiger charge is -2.18. The third-order valence-electron chi connectivity index (χ3n) is 3.24. The van der Waals surface area contributed by atoms with Crippen molar-refractivity contribution in [2.45, 2.75) is 58.0 Å². The maximum absolute atomic E-state index is 9.95. The monoisotopic (exact) mass is 196 g/mol. The highest BCUT2D eigenvalue weighted by atomic mass is 16.3. The molecule has 0 amide bonds. The molecule has 0 saturated heterocycles. The molecular weight excluding hydrogens is 172 g/mol. The summed E-state index contributed by atoms with van der Waals surface area (Å²) in [6.45, 7) is 6.04. The summed E-state index contributed by atoms with van der Waals surface area (Å²) in [5.41, 5.74) is 0. The number of aliphatic hydroxyl groups excluding tert-OH is 1. The van der Waals surface area contributed by atoms with Gasteiger partial charge in [-0.25, -0.2) is 0 Å². The van der Waals surface area contributed by atoms with Crippen LogP contribution in [0.4, 0.5) is 0 Å². The molecule has 0 aromatic carbocycles. The van der Waals surface area contributed by atoms with E-state index in [-0.39, 0.29) is 6.10 Å². The molecule has 82 valence electrons. The van der Waals surface area contributed by atoms with Crippen LogP contribution in [0.25, 0.3) is 0 Å². The lowest BCUT2D eigenvalue weighted by molar-refractivity contribution is 0.107. The normalized spacial score (nSPS) is 20.4. The van der Waals surface area contributed by atoms with Gasteiger partial charge in [0.25, 0.3) is 0 Å². The standard InChI is InChI=1S/C13H24O/c1-3-5-6-7-8-13(14)12(4-2)11-9-10-11/h4,11-14H,2-3,5-10H2,1H3/t12-,13-/m1/s1. The fraction of sp³-hybridized carbons (Fsp3) is 0.846. The third kappa shape index (κ3) is 3.83. The van der Waals surface area contributed by atoms with E-state index < -0.39 is 0 Å². The van der Waals surface area contributed by atoms with Gasteiger partial charge in [-0.1, -0.05) is 38.7 Å². The summed E-state index contributed by atoms with van der Waals surface area (Å²) in [7, 11) is 0. The van der Waals surface area contributed by atoms with Crippen LogP contribution in [0, 0.1) is 11.8 Å². The molecule has 1 N–H and O–H groups in total. The van der Waals surface area contributed by atoms with E-state index in [4.69, 9.17) is 0 Å². The van der Waals surface area contributed by atoms with Gasteiger partial charge < -0.3 is 5.11 Å². The van der Waals surface area contributed by atoms with Gasteiger partial charge >= 0.3 is 0 Å². The summed E-state index contributed by atoms with van der Waals surface area (Å²) >= 11 is 0. The van der Waals surface area contributed by atoms with Gasteiger partial charge in [0, 0.05) is 5.92 Å². The second-order valence-corrected chi connectivity index (χ2v) is 4.57. The average Bonchev–Trinajstić information content (AvgIpc) is 2.98. The van der Waals surface area contributed by atoms with Gasteiger partial charge in [-0.3, -0.25) is 0 Å². The molecule has 2 atom stereocenters. The second kappa shape index (κ2) is 6.23. The van der Waals surface area contributed by atoms with Crippen molar-refractivity contribution in [3.8, 4) is 0 Å². The fourth-order valence-electron chi connectivity index (χ4n) is 2.12. The first-order valence-electron chi connectivity index (χ1n) is 6.10. The third-order valence-corrected chi connectivity index (χ3v) is 3.24. The van der Waals surface area contributed by atoms with Crippen molar-refractivity contribution >= 4 is 0 Å². The zero-order valence-electron chi connectivity index (χ0n) is 9.41. The number of unbranched alkanes of at least 4 members (excludes halogenated alkanes) is 3. The molecule has 1 fully saturated rings. The topological polar surface area (TPSA) is 20.2 Å². The van der Waals surface area contributed by atoms with Crippen LogP contribution in [0.2, 0.25) is 0 Å². The SMILES string of the molecule is C=C[C@H](C1CC1)[C@H](O)CCCCCC. The van der Waals surface area contributed by atoms with Crippen LogP contribution < -0.4 is 0 Å². The molecule has 0 heterocycles. The minimum absolute atomic E-state index is 0.128. The zero-order valence-corrected chi connectivity index (χ0v) is 9.41. The molecule has 0 bridgehead atoms. The van der Waals surface area contributed by atoms with E-state index in [0.29, 0.717) is 5.92 Å². The van der Waals surface area contributed by atoms with Gasteiger partial charge in [0.05, 0.1) is 6.10 Å². The zero-order chi connectivity index (χ0) is 10.4. The molecule has 1 rings (SSSR count). The fourth-order valence-corrected chi connectivity index (χ4v) is 2.12. The maximum Gasteiger partial charge on any atom is 0.0605 e. The summed E-state index contributed by atoms with van der Waals surface area (Å²) in [5.74, 6) is 1.12. The number of hydrogen-bond acceptors (Lipinski definition) is 1. The van der Waals surface area contributed by atoms with Crippen LogP contribution >= 0.6 is 0 Å². The molecule has 0 aliphatic heterocycles. The average molecular weight is 196 g/mol. The van der Waals surface area contributed by atoms with Crippen LogP contribution in [-0.4, -0.2) is 11.2 Å². The minimum atomic E-state index is -0.128. The second-order valence-electron chi connectivity index (χ2n) is 4.57. The minimum Gasteiger partial charge on any atom is -0.393 e. The van der Waals surface area contributed by atoms with Gasteiger partial charge in [-0.05, 0) is 25.2 Å². The van der Waals surface area contributed by atoms with Crippen molar-refractivity contribution in [1.29, 1.82) is 0 Å². The van der Waals surface area contributed by atoms with Crippen molar-refractivity contribution in [2.75, 3.05) is 0 Å². The van der Waals surface area contributed by atoms with Gasteiger partial charge in [-0.2, -0.15) is 0 Å². The quantitative estimate of drug-likeness (QED) is 0.465. The van der Waals surface area contributed by atoms with Gasteiger partial charge in [0.1, 0.15) is 0 Å². The largest absolute Gasteiger partial charge is 0.393 e. The Bertz CT molecular complexity index is 161. The van der Waals surface area contributed by atoms with E-state index >= 15 is 0 Å². The molecule has 14 heavy (non-hydrogen) atoms. The molecule has 1 aliphatic rings.